The van der Waals surface area contributed by atoms with Crippen LogP contribution in [-0.2, 0) is 4.79 Å². The van der Waals surface area contributed by atoms with E-state index in [-0.39, 0.29) is 11.5 Å². The molecule has 2 aromatic rings. The van der Waals surface area contributed by atoms with Crippen LogP contribution >= 0.6 is 27.7 Å². The van der Waals surface area contributed by atoms with Crippen LogP contribution in [0.5, 0.6) is 11.5 Å². The van der Waals surface area contributed by atoms with Crippen LogP contribution in [0.15, 0.2) is 50.8 Å². The van der Waals surface area contributed by atoms with Crippen molar-refractivity contribution in [2.45, 2.75) is 6.92 Å². The second kappa shape index (κ2) is 9.36. The highest BCUT2D eigenvalue weighted by atomic mass is 79.9. The first kappa shape index (κ1) is 21.9. The number of amidine groups is 1. The number of carbonyl (C=O) groups excluding carboxylic acids is 1. The Morgan fingerprint density at radius 1 is 1.30 bits per heavy atom. The number of aromatic carboxylic acids is 1. The Hall–Kier alpha value is -2.78. The highest BCUT2D eigenvalue weighted by Gasteiger charge is 2.30. The van der Waals surface area contributed by atoms with Crippen molar-refractivity contribution < 1.29 is 24.2 Å². The van der Waals surface area contributed by atoms with Crippen LogP contribution in [0.3, 0.4) is 0 Å². The molecule has 0 aromatic heterocycles. The summed E-state index contributed by atoms with van der Waals surface area (Å²) in [5, 5.41) is 9.60. The first-order chi connectivity index (χ1) is 14.3. The van der Waals surface area contributed by atoms with E-state index in [1.54, 1.807) is 44.5 Å². The lowest BCUT2D eigenvalue weighted by Gasteiger charge is -2.11. The summed E-state index contributed by atoms with van der Waals surface area (Å²) in [5.74, 6) is -0.0587. The molecule has 3 rings (SSSR count). The zero-order chi connectivity index (χ0) is 21.8. The molecule has 0 aliphatic carbocycles. The van der Waals surface area contributed by atoms with Gasteiger partial charge in [-0.2, -0.15) is 0 Å². The van der Waals surface area contributed by atoms with E-state index >= 15 is 0 Å². The number of hydrogen-bond donors (Lipinski definition) is 1. The highest BCUT2D eigenvalue weighted by molar-refractivity contribution is 9.10. The predicted molar refractivity (Wildman–Crippen MR) is 121 cm³/mol. The summed E-state index contributed by atoms with van der Waals surface area (Å²) in [5.41, 5.74) is 1.36. The molecule has 0 atom stereocenters. The summed E-state index contributed by atoms with van der Waals surface area (Å²) in [7, 11) is 3.20. The maximum absolute atomic E-state index is 12.7. The number of amides is 1. The van der Waals surface area contributed by atoms with Crippen molar-refractivity contribution in [3.8, 4) is 11.5 Å². The fourth-order valence-electron chi connectivity index (χ4n) is 2.70. The summed E-state index contributed by atoms with van der Waals surface area (Å²) in [6.45, 7) is 2.36. The van der Waals surface area contributed by atoms with Gasteiger partial charge in [0.15, 0.2) is 16.7 Å². The van der Waals surface area contributed by atoms with Gasteiger partial charge < -0.3 is 14.6 Å². The van der Waals surface area contributed by atoms with Crippen LogP contribution in [0.2, 0.25) is 0 Å². The zero-order valence-electron chi connectivity index (χ0n) is 16.5. The first-order valence-corrected chi connectivity index (χ1v) is 10.5. The van der Waals surface area contributed by atoms with Gasteiger partial charge in [-0.3, -0.25) is 9.69 Å². The Morgan fingerprint density at radius 2 is 2.07 bits per heavy atom. The standard InChI is InChI=1S/C21H19BrN2O5S/c1-4-29-17-9-13(15(22)11-16(17)28-3)10-18-19(25)24(2)21(30-18)23-14-7-5-6-12(8-14)20(26)27/h5-11H,4H2,1-3H3,(H,26,27). The van der Waals surface area contributed by atoms with E-state index in [4.69, 9.17) is 14.6 Å². The van der Waals surface area contributed by atoms with Gasteiger partial charge in [-0.1, -0.05) is 22.0 Å². The zero-order valence-corrected chi connectivity index (χ0v) is 18.9. The number of carboxylic acid groups (broad SMARTS) is 1. The van der Waals surface area contributed by atoms with Crippen molar-refractivity contribution >= 4 is 56.5 Å². The van der Waals surface area contributed by atoms with Crippen molar-refractivity contribution in [1.82, 2.24) is 4.90 Å². The van der Waals surface area contributed by atoms with Crippen molar-refractivity contribution in [1.29, 1.82) is 0 Å². The number of nitrogens with zero attached hydrogens (tertiary/aromatic N) is 2. The van der Waals surface area contributed by atoms with E-state index in [1.165, 1.54) is 28.8 Å². The van der Waals surface area contributed by atoms with Crippen LogP contribution < -0.4 is 9.47 Å². The lowest BCUT2D eigenvalue weighted by molar-refractivity contribution is -0.121. The predicted octanol–water partition coefficient (Wildman–Crippen LogP) is 4.79. The molecule has 1 amide bonds. The summed E-state index contributed by atoms with van der Waals surface area (Å²) in [4.78, 5) is 30.2. The fourth-order valence-corrected chi connectivity index (χ4v) is 4.12. The Kier molecular flexibility index (Phi) is 6.84. The van der Waals surface area contributed by atoms with E-state index in [2.05, 4.69) is 20.9 Å². The van der Waals surface area contributed by atoms with Crippen LogP contribution in [0.25, 0.3) is 6.08 Å². The molecule has 1 fully saturated rings. The Balaban J connectivity index is 1.94. The number of carbonyl (C=O) groups is 2. The Labute approximate surface area is 186 Å². The largest absolute Gasteiger partial charge is 0.493 e. The number of likely N-dealkylation sites (N-methyl/N-ethyl adjacent to an activating group) is 1. The number of thioether (sulfide) groups is 1. The number of carboxylic acids is 1. The third-order valence-corrected chi connectivity index (χ3v) is 5.94. The second-order valence-electron chi connectivity index (χ2n) is 6.18. The molecular weight excluding hydrogens is 472 g/mol. The lowest BCUT2D eigenvalue weighted by Crippen LogP contribution is -2.23. The van der Waals surface area contributed by atoms with Crippen molar-refractivity contribution in [2.24, 2.45) is 4.99 Å². The lowest BCUT2D eigenvalue weighted by atomic mass is 10.2. The molecule has 30 heavy (non-hydrogen) atoms. The molecule has 0 radical (unpaired) electrons. The van der Waals surface area contributed by atoms with Gasteiger partial charge in [0.1, 0.15) is 0 Å². The number of halogens is 1. The molecule has 7 nitrogen and oxygen atoms in total. The Bertz CT molecular complexity index is 1070. The minimum Gasteiger partial charge on any atom is -0.493 e. The van der Waals surface area contributed by atoms with Gasteiger partial charge in [0.05, 0.1) is 29.9 Å². The molecule has 9 heteroatoms. The number of aliphatic imine (C=N–C) groups is 1. The fraction of sp³-hybridized carbons (Fsp3) is 0.190. The maximum Gasteiger partial charge on any atom is 0.335 e. The first-order valence-electron chi connectivity index (χ1n) is 8.94. The molecule has 1 aliphatic rings. The maximum atomic E-state index is 12.7. The SMILES string of the molecule is CCOc1cc(C=C2SC(=Nc3cccc(C(=O)O)c3)N(C)C2=O)c(Br)cc1OC. The monoisotopic (exact) mass is 490 g/mol. The summed E-state index contributed by atoms with van der Waals surface area (Å²) in [6.07, 6.45) is 1.76. The minimum absolute atomic E-state index is 0.134. The van der Waals surface area contributed by atoms with Crippen molar-refractivity contribution in [3.05, 3.63) is 56.9 Å². The van der Waals surface area contributed by atoms with Gasteiger partial charge in [0, 0.05) is 11.5 Å². The number of methoxy groups -OCH3 is 1. The number of ether oxygens (including phenoxy) is 2. The summed E-state index contributed by atoms with van der Waals surface area (Å²) >= 11 is 4.72. The molecule has 1 N–H and O–H groups in total. The molecule has 0 bridgehead atoms. The normalized spacial score (nSPS) is 16.4. The second-order valence-corrected chi connectivity index (χ2v) is 8.05. The van der Waals surface area contributed by atoms with Gasteiger partial charge in [-0.25, -0.2) is 9.79 Å². The highest BCUT2D eigenvalue weighted by Crippen LogP contribution is 2.38. The molecule has 1 aliphatic heterocycles. The molecule has 0 spiro atoms. The van der Waals surface area contributed by atoms with Gasteiger partial charge in [-0.05, 0) is 60.7 Å². The van der Waals surface area contributed by atoms with Gasteiger partial charge in [0.25, 0.3) is 5.91 Å². The molecule has 156 valence electrons. The topological polar surface area (TPSA) is 88.4 Å². The van der Waals surface area contributed by atoms with Gasteiger partial charge in [0.2, 0.25) is 0 Å². The number of benzene rings is 2. The van der Waals surface area contributed by atoms with Crippen LogP contribution in [0, 0.1) is 0 Å². The molecule has 2 aromatic carbocycles. The Morgan fingerprint density at radius 3 is 2.73 bits per heavy atom. The molecule has 1 saturated heterocycles. The smallest absolute Gasteiger partial charge is 0.335 e. The van der Waals surface area contributed by atoms with E-state index in [1.807, 2.05) is 6.92 Å². The van der Waals surface area contributed by atoms with Crippen molar-refractivity contribution in [3.63, 3.8) is 0 Å². The number of hydrogen-bond acceptors (Lipinski definition) is 6. The summed E-state index contributed by atoms with van der Waals surface area (Å²) in [6, 6.07) is 9.85. The molecule has 0 unspecified atom stereocenters. The van der Waals surface area contributed by atoms with Gasteiger partial charge >= 0.3 is 5.97 Å². The average molecular weight is 491 g/mol. The quantitative estimate of drug-likeness (QED) is 0.585. The van der Waals surface area contributed by atoms with E-state index < -0.39 is 5.97 Å². The molecule has 0 saturated carbocycles. The van der Waals surface area contributed by atoms with E-state index in [9.17, 15) is 9.59 Å². The third kappa shape index (κ3) is 4.68. The van der Waals surface area contributed by atoms with Crippen LogP contribution in [0.1, 0.15) is 22.8 Å². The minimum atomic E-state index is -1.03. The third-order valence-electron chi connectivity index (χ3n) is 4.19. The molecular formula is C21H19BrN2O5S. The van der Waals surface area contributed by atoms with Crippen LogP contribution in [0.4, 0.5) is 5.69 Å². The van der Waals surface area contributed by atoms with Gasteiger partial charge in [-0.15, -0.1) is 0 Å². The van der Waals surface area contributed by atoms with Crippen molar-refractivity contribution in [2.75, 3.05) is 20.8 Å². The van der Waals surface area contributed by atoms with E-state index in [0.717, 1.165) is 10.0 Å². The summed E-state index contributed by atoms with van der Waals surface area (Å²) < 4.78 is 11.7. The molecule has 1 heterocycles. The average Bonchev–Trinajstić information content (AvgIpc) is 2.98. The number of rotatable bonds is 6. The van der Waals surface area contributed by atoms with E-state index in [0.29, 0.717) is 33.9 Å². The van der Waals surface area contributed by atoms with Crippen LogP contribution in [-0.4, -0.2) is 47.8 Å².